The monoisotopic (exact) mass is 292 g/mol. The van der Waals surface area contributed by atoms with E-state index >= 15 is 0 Å². The lowest BCUT2D eigenvalue weighted by molar-refractivity contribution is 0.0959. The van der Waals surface area contributed by atoms with Gasteiger partial charge in [0.25, 0.3) is 0 Å². The zero-order valence-electron chi connectivity index (χ0n) is 11.4. The molecule has 0 N–H and O–H groups in total. The van der Waals surface area contributed by atoms with Crippen LogP contribution in [0.15, 0.2) is 34.6 Å². The number of hydrogen-bond donors (Lipinski definition) is 0. The van der Waals surface area contributed by atoms with E-state index in [1.165, 1.54) is 17.8 Å². The van der Waals surface area contributed by atoms with Crippen molar-refractivity contribution in [2.75, 3.05) is 6.61 Å². The molecule has 1 aromatic carbocycles. The van der Waals surface area contributed by atoms with E-state index in [4.69, 9.17) is 4.74 Å². The quantitative estimate of drug-likeness (QED) is 0.851. The van der Waals surface area contributed by atoms with E-state index in [1.807, 2.05) is 0 Å². The molecule has 0 spiro atoms. The Balaban J connectivity index is 1.90. The van der Waals surface area contributed by atoms with Crippen LogP contribution in [0.1, 0.15) is 18.5 Å². The Kier molecular flexibility index (Phi) is 3.98. The van der Waals surface area contributed by atoms with Crippen LogP contribution in [0, 0.1) is 12.7 Å². The molecule has 1 fully saturated rings. The Bertz CT molecular complexity index is 639. The van der Waals surface area contributed by atoms with Crippen molar-refractivity contribution in [3.05, 3.63) is 46.0 Å². The van der Waals surface area contributed by atoms with Gasteiger partial charge in [0, 0.05) is 17.7 Å². The molecule has 0 saturated carbocycles. The van der Waals surface area contributed by atoms with Gasteiger partial charge in [0.1, 0.15) is 5.82 Å². The predicted molar refractivity (Wildman–Crippen MR) is 77.6 cm³/mol. The summed E-state index contributed by atoms with van der Waals surface area (Å²) in [5.41, 5.74) is 1.96. The van der Waals surface area contributed by atoms with Crippen LogP contribution in [0.3, 0.4) is 0 Å². The predicted octanol–water partition coefficient (Wildman–Crippen LogP) is 3.41. The van der Waals surface area contributed by atoms with Gasteiger partial charge in [-0.25, -0.2) is 9.38 Å². The maximum atomic E-state index is 12.9. The number of aromatic nitrogens is 1. The Labute approximate surface area is 121 Å². The van der Waals surface area contributed by atoms with Crippen LogP contribution in [0.25, 0.3) is 0 Å². The molecule has 2 heterocycles. The fourth-order valence-electron chi connectivity index (χ4n) is 2.34. The van der Waals surface area contributed by atoms with Crippen LogP contribution in [0.4, 0.5) is 10.1 Å². The Morgan fingerprint density at radius 1 is 1.40 bits per heavy atom. The van der Waals surface area contributed by atoms with Gasteiger partial charge in [0.2, 0.25) is 0 Å². The van der Waals surface area contributed by atoms with Gasteiger partial charge >= 0.3 is 0 Å². The van der Waals surface area contributed by atoms with E-state index in [0.717, 1.165) is 36.5 Å². The van der Waals surface area contributed by atoms with Crippen LogP contribution in [-0.2, 0) is 11.3 Å². The number of ether oxygens (including phenoxy) is 1. The van der Waals surface area contributed by atoms with Crippen molar-refractivity contribution >= 4 is 17.0 Å². The third kappa shape index (κ3) is 2.99. The number of rotatable bonds is 3. The van der Waals surface area contributed by atoms with Gasteiger partial charge in [-0.3, -0.25) is 0 Å². The lowest BCUT2D eigenvalue weighted by Gasteiger charge is -2.12. The highest BCUT2D eigenvalue weighted by molar-refractivity contribution is 7.07. The van der Waals surface area contributed by atoms with E-state index in [0.29, 0.717) is 0 Å². The highest BCUT2D eigenvalue weighted by atomic mass is 32.1. The van der Waals surface area contributed by atoms with Crippen molar-refractivity contribution in [2.24, 2.45) is 4.99 Å². The molecule has 0 aliphatic carbocycles. The minimum Gasteiger partial charge on any atom is -0.376 e. The third-order valence-corrected chi connectivity index (χ3v) is 4.43. The Morgan fingerprint density at radius 2 is 2.20 bits per heavy atom. The summed E-state index contributed by atoms with van der Waals surface area (Å²) in [6, 6.07) is 6.26. The zero-order chi connectivity index (χ0) is 13.9. The molecule has 1 unspecified atom stereocenters. The standard InChI is InChI=1S/C15H17FN2OS/c1-11-10-20-15(17-13-6-4-12(16)5-7-13)18(11)9-14-3-2-8-19-14/h4-7,10,14H,2-3,8-9H2,1H3. The molecule has 1 saturated heterocycles. The molecular formula is C15H17FN2OS. The van der Waals surface area contributed by atoms with E-state index in [9.17, 15) is 4.39 Å². The molecule has 5 heteroatoms. The van der Waals surface area contributed by atoms with Crippen LogP contribution < -0.4 is 4.80 Å². The third-order valence-electron chi connectivity index (χ3n) is 3.45. The van der Waals surface area contributed by atoms with Crippen molar-refractivity contribution in [1.29, 1.82) is 0 Å². The number of hydrogen-bond acceptors (Lipinski definition) is 3. The van der Waals surface area contributed by atoms with Gasteiger partial charge in [0.05, 0.1) is 18.3 Å². The highest BCUT2D eigenvalue weighted by Gasteiger charge is 2.17. The zero-order valence-corrected chi connectivity index (χ0v) is 12.2. The molecule has 1 aliphatic heterocycles. The normalized spacial score (nSPS) is 19.7. The molecule has 3 nitrogen and oxygen atoms in total. The largest absolute Gasteiger partial charge is 0.376 e. The molecule has 1 aromatic heterocycles. The molecule has 0 bridgehead atoms. The Morgan fingerprint density at radius 3 is 2.90 bits per heavy atom. The van der Waals surface area contributed by atoms with Gasteiger partial charge in [-0.15, -0.1) is 11.3 Å². The van der Waals surface area contributed by atoms with Crippen molar-refractivity contribution in [3.63, 3.8) is 0 Å². The van der Waals surface area contributed by atoms with E-state index in [1.54, 1.807) is 23.5 Å². The summed E-state index contributed by atoms with van der Waals surface area (Å²) in [5.74, 6) is -0.237. The first-order valence-electron chi connectivity index (χ1n) is 6.79. The molecule has 0 amide bonds. The number of nitrogens with zero attached hydrogens (tertiary/aromatic N) is 2. The molecule has 1 aliphatic rings. The maximum absolute atomic E-state index is 12.9. The fraction of sp³-hybridized carbons (Fsp3) is 0.400. The second kappa shape index (κ2) is 5.89. The van der Waals surface area contributed by atoms with Crippen LogP contribution in [-0.4, -0.2) is 17.3 Å². The first kappa shape index (κ1) is 13.5. The van der Waals surface area contributed by atoms with Gasteiger partial charge in [0.15, 0.2) is 4.80 Å². The van der Waals surface area contributed by atoms with Gasteiger partial charge in [-0.05, 0) is 44.0 Å². The van der Waals surface area contributed by atoms with Gasteiger partial charge in [-0.1, -0.05) is 0 Å². The molecule has 0 radical (unpaired) electrons. The topological polar surface area (TPSA) is 26.5 Å². The van der Waals surface area contributed by atoms with E-state index in [-0.39, 0.29) is 11.9 Å². The molecule has 106 valence electrons. The minimum atomic E-state index is -0.237. The second-order valence-corrected chi connectivity index (χ2v) is 5.83. The molecule has 1 atom stereocenters. The van der Waals surface area contributed by atoms with Crippen molar-refractivity contribution in [1.82, 2.24) is 4.57 Å². The summed E-state index contributed by atoms with van der Waals surface area (Å²) in [6.07, 6.45) is 2.53. The van der Waals surface area contributed by atoms with Gasteiger partial charge in [-0.2, -0.15) is 0 Å². The lowest BCUT2D eigenvalue weighted by Crippen LogP contribution is -2.24. The van der Waals surface area contributed by atoms with Crippen molar-refractivity contribution in [2.45, 2.75) is 32.4 Å². The van der Waals surface area contributed by atoms with Crippen LogP contribution >= 0.6 is 11.3 Å². The first-order valence-corrected chi connectivity index (χ1v) is 7.67. The summed E-state index contributed by atoms with van der Waals surface area (Å²) in [4.78, 5) is 5.54. The van der Waals surface area contributed by atoms with E-state index in [2.05, 4.69) is 21.9 Å². The number of benzene rings is 1. The molecular weight excluding hydrogens is 275 g/mol. The van der Waals surface area contributed by atoms with Crippen LogP contribution in [0.2, 0.25) is 0 Å². The average Bonchev–Trinajstić information content (AvgIpc) is 3.06. The summed E-state index contributed by atoms with van der Waals surface area (Å²) >= 11 is 1.61. The SMILES string of the molecule is Cc1csc(=Nc2ccc(F)cc2)n1CC1CCCO1. The van der Waals surface area contributed by atoms with Crippen molar-refractivity contribution in [3.8, 4) is 0 Å². The first-order chi connectivity index (χ1) is 9.72. The number of halogens is 1. The summed E-state index contributed by atoms with van der Waals surface area (Å²) < 4.78 is 20.8. The lowest BCUT2D eigenvalue weighted by atomic mass is 10.2. The summed E-state index contributed by atoms with van der Waals surface area (Å²) in [7, 11) is 0. The van der Waals surface area contributed by atoms with Crippen molar-refractivity contribution < 1.29 is 9.13 Å². The summed E-state index contributed by atoms with van der Waals surface area (Å²) in [6.45, 7) is 3.78. The number of aryl methyl sites for hydroxylation is 1. The smallest absolute Gasteiger partial charge is 0.190 e. The number of thiazole rings is 1. The minimum absolute atomic E-state index is 0.237. The van der Waals surface area contributed by atoms with Crippen LogP contribution in [0.5, 0.6) is 0 Å². The average molecular weight is 292 g/mol. The maximum Gasteiger partial charge on any atom is 0.190 e. The molecule has 20 heavy (non-hydrogen) atoms. The van der Waals surface area contributed by atoms with E-state index < -0.39 is 0 Å². The van der Waals surface area contributed by atoms with Gasteiger partial charge < -0.3 is 9.30 Å². The Hall–Kier alpha value is -1.46. The fourth-order valence-corrected chi connectivity index (χ4v) is 3.25. The summed E-state index contributed by atoms with van der Waals surface area (Å²) in [5, 5.41) is 2.09. The second-order valence-electron chi connectivity index (χ2n) is 4.99. The molecule has 2 aromatic rings. The molecule has 3 rings (SSSR count). The highest BCUT2D eigenvalue weighted by Crippen LogP contribution is 2.16.